The SMILES string of the molecule is CC1(C)c2ccccc2-c2ccc(C(=O)c3cc(Cl)ccc3Cl)cc21. The molecule has 25 heavy (non-hydrogen) atoms. The van der Waals surface area contributed by atoms with Gasteiger partial charge in [-0.05, 0) is 46.5 Å². The molecule has 0 aliphatic heterocycles. The Balaban J connectivity index is 1.85. The largest absolute Gasteiger partial charge is 0.289 e. The predicted molar refractivity (Wildman–Crippen MR) is 104 cm³/mol. The Kier molecular flexibility index (Phi) is 3.75. The summed E-state index contributed by atoms with van der Waals surface area (Å²) in [6.45, 7) is 4.39. The van der Waals surface area contributed by atoms with Crippen LogP contribution in [0.15, 0.2) is 60.7 Å². The lowest BCUT2D eigenvalue weighted by Gasteiger charge is -2.21. The summed E-state index contributed by atoms with van der Waals surface area (Å²) in [4.78, 5) is 13.0. The van der Waals surface area contributed by atoms with Gasteiger partial charge in [0.25, 0.3) is 0 Å². The van der Waals surface area contributed by atoms with Crippen molar-refractivity contribution >= 4 is 29.0 Å². The number of rotatable bonds is 2. The van der Waals surface area contributed by atoms with Gasteiger partial charge in [0.05, 0.1) is 5.02 Å². The number of carbonyl (C=O) groups is 1. The van der Waals surface area contributed by atoms with E-state index in [9.17, 15) is 4.79 Å². The Labute approximate surface area is 157 Å². The van der Waals surface area contributed by atoms with Gasteiger partial charge in [-0.2, -0.15) is 0 Å². The average molecular weight is 367 g/mol. The van der Waals surface area contributed by atoms with Crippen LogP contribution in [-0.4, -0.2) is 5.78 Å². The van der Waals surface area contributed by atoms with Gasteiger partial charge in [0.1, 0.15) is 0 Å². The van der Waals surface area contributed by atoms with Crippen molar-refractivity contribution in [2.45, 2.75) is 19.3 Å². The number of benzene rings is 3. The van der Waals surface area contributed by atoms with Crippen LogP contribution >= 0.6 is 23.2 Å². The van der Waals surface area contributed by atoms with Gasteiger partial charge in [-0.25, -0.2) is 0 Å². The maximum Gasteiger partial charge on any atom is 0.194 e. The molecule has 1 aliphatic rings. The first-order valence-electron chi connectivity index (χ1n) is 8.14. The van der Waals surface area contributed by atoms with Crippen molar-refractivity contribution in [1.29, 1.82) is 0 Å². The first-order chi connectivity index (χ1) is 11.9. The molecule has 0 heterocycles. The van der Waals surface area contributed by atoms with E-state index in [0.717, 1.165) is 5.56 Å². The second kappa shape index (κ2) is 5.72. The second-order valence-electron chi connectivity index (χ2n) is 6.88. The zero-order valence-electron chi connectivity index (χ0n) is 13.9. The third kappa shape index (κ3) is 2.50. The lowest BCUT2D eigenvalue weighted by molar-refractivity contribution is 0.103. The van der Waals surface area contributed by atoms with E-state index in [1.165, 1.54) is 16.7 Å². The number of ketones is 1. The molecule has 1 nitrogen and oxygen atoms in total. The Hall–Kier alpha value is -2.09. The van der Waals surface area contributed by atoms with Gasteiger partial charge in [-0.1, -0.05) is 73.4 Å². The van der Waals surface area contributed by atoms with Crippen LogP contribution in [-0.2, 0) is 5.41 Å². The van der Waals surface area contributed by atoms with Crippen LogP contribution in [0, 0.1) is 0 Å². The van der Waals surface area contributed by atoms with Crippen molar-refractivity contribution in [3.63, 3.8) is 0 Å². The fourth-order valence-electron chi connectivity index (χ4n) is 3.67. The zero-order chi connectivity index (χ0) is 17.8. The van der Waals surface area contributed by atoms with E-state index in [0.29, 0.717) is 21.2 Å². The minimum absolute atomic E-state index is 0.109. The molecule has 0 aromatic heterocycles. The number of hydrogen-bond acceptors (Lipinski definition) is 1. The molecule has 0 radical (unpaired) electrons. The molecule has 0 amide bonds. The van der Waals surface area contributed by atoms with Crippen LogP contribution in [0.25, 0.3) is 11.1 Å². The van der Waals surface area contributed by atoms with Crippen LogP contribution in [0.3, 0.4) is 0 Å². The number of hydrogen-bond donors (Lipinski definition) is 0. The van der Waals surface area contributed by atoms with Crippen molar-refractivity contribution in [2.24, 2.45) is 0 Å². The Morgan fingerprint density at radius 2 is 1.56 bits per heavy atom. The minimum Gasteiger partial charge on any atom is -0.289 e. The Morgan fingerprint density at radius 3 is 2.36 bits per heavy atom. The topological polar surface area (TPSA) is 17.1 Å². The first-order valence-corrected chi connectivity index (χ1v) is 8.89. The molecule has 0 fully saturated rings. The van der Waals surface area contributed by atoms with Crippen molar-refractivity contribution in [3.8, 4) is 11.1 Å². The summed E-state index contributed by atoms with van der Waals surface area (Å²) in [5.74, 6) is -0.109. The van der Waals surface area contributed by atoms with E-state index < -0.39 is 0 Å². The summed E-state index contributed by atoms with van der Waals surface area (Å²) in [6.07, 6.45) is 0. The quantitative estimate of drug-likeness (QED) is 0.471. The Bertz CT molecular complexity index is 1020. The van der Waals surface area contributed by atoms with E-state index in [4.69, 9.17) is 23.2 Å². The van der Waals surface area contributed by atoms with Crippen LogP contribution in [0.5, 0.6) is 0 Å². The third-order valence-electron chi connectivity index (χ3n) is 5.02. The molecule has 1 aliphatic carbocycles. The van der Waals surface area contributed by atoms with Crippen molar-refractivity contribution in [3.05, 3.63) is 93.0 Å². The summed E-state index contributed by atoms with van der Waals surface area (Å²) in [6, 6.07) is 19.3. The van der Waals surface area contributed by atoms with Gasteiger partial charge in [-0.3, -0.25) is 4.79 Å². The lowest BCUT2D eigenvalue weighted by atomic mass is 9.81. The molecule has 3 heteroatoms. The molecule has 4 rings (SSSR count). The molecule has 3 aromatic rings. The van der Waals surface area contributed by atoms with Gasteiger partial charge in [-0.15, -0.1) is 0 Å². The fourth-order valence-corrected chi connectivity index (χ4v) is 4.05. The average Bonchev–Trinajstić information content (AvgIpc) is 2.84. The van der Waals surface area contributed by atoms with Gasteiger partial charge in [0.2, 0.25) is 0 Å². The van der Waals surface area contributed by atoms with E-state index in [-0.39, 0.29) is 11.2 Å². The van der Waals surface area contributed by atoms with Crippen LogP contribution < -0.4 is 0 Å². The summed E-state index contributed by atoms with van der Waals surface area (Å²) in [5, 5.41) is 0.916. The summed E-state index contributed by atoms with van der Waals surface area (Å²) in [7, 11) is 0. The first kappa shape index (κ1) is 16.4. The van der Waals surface area contributed by atoms with Gasteiger partial charge < -0.3 is 0 Å². The van der Waals surface area contributed by atoms with E-state index in [1.54, 1.807) is 18.2 Å². The zero-order valence-corrected chi connectivity index (χ0v) is 15.4. The number of carbonyl (C=O) groups excluding carboxylic acids is 1. The molecule has 3 aromatic carbocycles. The van der Waals surface area contributed by atoms with Gasteiger partial charge in [0, 0.05) is 21.6 Å². The maximum atomic E-state index is 13.0. The van der Waals surface area contributed by atoms with Crippen molar-refractivity contribution in [2.75, 3.05) is 0 Å². The van der Waals surface area contributed by atoms with Crippen molar-refractivity contribution in [1.82, 2.24) is 0 Å². The molecule has 0 atom stereocenters. The molecule has 0 unspecified atom stereocenters. The van der Waals surface area contributed by atoms with Crippen molar-refractivity contribution < 1.29 is 4.79 Å². The molecule has 0 bridgehead atoms. The summed E-state index contributed by atoms with van der Waals surface area (Å²) in [5.41, 5.74) is 5.80. The van der Waals surface area contributed by atoms with Gasteiger partial charge in [0.15, 0.2) is 5.78 Å². The van der Waals surface area contributed by atoms with E-state index in [2.05, 4.69) is 38.1 Å². The molecule has 124 valence electrons. The highest BCUT2D eigenvalue weighted by molar-refractivity contribution is 6.36. The highest BCUT2D eigenvalue weighted by Crippen LogP contribution is 2.48. The fraction of sp³-hybridized carbons (Fsp3) is 0.136. The lowest BCUT2D eigenvalue weighted by Crippen LogP contribution is -2.15. The van der Waals surface area contributed by atoms with E-state index >= 15 is 0 Å². The third-order valence-corrected chi connectivity index (χ3v) is 5.58. The highest BCUT2D eigenvalue weighted by Gasteiger charge is 2.35. The summed E-state index contributed by atoms with van der Waals surface area (Å²) < 4.78 is 0. The maximum absolute atomic E-state index is 13.0. The van der Waals surface area contributed by atoms with E-state index in [1.807, 2.05) is 18.2 Å². The smallest absolute Gasteiger partial charge is 0.194 e. The Morgan fingerprint density at radius 1 is 0.840 bits per heavy atom. The molecule has 0 saturated carbocycles. The predicted octanol–water partition coefficient (Wildman–Crippen LogP) is 6.53. The highest BCUT2D eigenvalue weighted by atomic mass is 35.5. The van der Waals surface area contributed by atoms with Crippen LogP contribution in [0.2, 0.25) is 10.0 Å². The summed E-state index contributed by atoms with van der Waals surface area (Å²) >= 11 is 12.2. The normalized spacial score (nSPS) is 14.1. The molecule has 0 N–H and O–H groups in total. The van der Waals surface area contributed by atoms with Gasteiger partial charge >= 0.3 is 0 Å². The number of halogens is 2. The molecular weight excluding hydrogens is 351 g/mol. The van der Waals surface area contributed by atoms with Crippen LogP contribution in [0.4, 0.5) is 0 Å². The monoisotopic (exact) mass is 366 g/mol. The minimum atomic E-state index is -0.139. The number of fused-ring (bicyclic) bond motifs is 3. The standard InChI is InChI=1S/C22H16Cl2O/c1-22(2)18-6-4-3-5-15(18)16-9-7-13(11-19(16)22)21(25)17-12-14(23)8-10-20(17)24/h3-12H,1-2H3. The van der Waals surface area contributed by atoms with Crippen LogP contribution in [0.1, 0.15) is 40.9 Å². The molecular formula is C22H16Cl2O. The second-order valence-corrected chi connectivity index (χ2v) is 7.73. The molecule has 0 saturated heterocycles. The molecule has 0 spiro atoms.